The molecule has 0 heterocycles. The molecule has 54 valence electrons. The summed E-state index contributed by atoms with van der Waals surface area (Å²) in [5, 5.41) is 3.12. The molecule has 1 N–H and O–H groups in total. The monoisotopic (exact) mass is 127 g/mol. The molecule has 1 nitrogen and oxygen atoms in total. The van der Waals surface area contributed by atoms with Gasteiger partial charge in [-0.2, -0.15) is 0 Å². The smallest absolute Gasteiger partial charge is 0.0161 e. The number of hydrogen-bond donors (Lipinski definition) is 1. The fraction of sp³-hybridized carbons (Fsp3) is 0.750. The second-order valence-electron chi connectivity index (χ2n) is 2.44. The number of nitrogens with one attached hydrogen (secondary N) is 1. The second kappa shape index (κ2) is 4.57. The Morgan fingerprint density at radius 3 is 2.11 bits per heavy atom. The lowest BCUT2D eigenvalue weighted by Crippen LogP contribution is -2.09. The van der Waals surface area contributed by atoms with Crippen LogP contribution in [0.25, 0.3) is 0 Å². The summed E-state index contributed by atoms with van der Waals surface area (Å²) in [6.45, 7) is 7.58. The lowest BCUT2D eigenvalue weighted by Gasteiger charge is -2.03. The molecule has 0 bridgehead atoms. The van der Waals surface area contributed by atoms with Crippen molar-refractivity contribution in [2.45, 2.75) is 27.2 Å². The van der Waals surface area contributed by atoms with Gasteiger partial charge in [-0.05, 0) is 27.3 Å². The maximum absolute atomic E-state index is 3.12. The van der Waals surface area contributed by atoms with E-state index in [2.05, 4.69) is 26.1 Å². The number of allylic oxidation sites excluding steroid dienone is 1. The van der Waals surface area contributed by atoms with Crippen molar-refractivity contribution in [1.82, 2.24) is 5.32 Å². The molecule has 0 aromatic carbocycles. The van der Waals surface area contributed by atoms with Gasteiger partial charge in [0.2, 0.25) is 0 Å². The summed E-state index contributed by atoms with van der Waals surface area (Å²) in [5.74, 6) is 0. The molecule has 0 aromatic rings. The Kier molecular flexibility index (Phi) is 4.41. The molecule has 0 aliphatic rings. The first kappa shape index (κ1) is 8.70. The SMILES string of the molecule is CCC(C)=C(C)CNC. The van der Waals surface area contributed by atoms with Gasteiger partial charge in [-0.1, -0.05) is 18.1 Å². The molecular weight excluding hydrogens is 110 g/mol. The van der Waals surface area contributed by atoms with Crippen LogP contribution in [0.1, 0.15) is 27.2 Å². The van der Waals surface area contributed by atoms with Crippen molar-refractivity contribution in [2.75, 3.05) is 13.6 Å². The van der Waals surface area contributed by atoms with Gasteiger partial charge in [0.15, 0.2) is 0 Å². The van der Waals surface area contributed by atoms with E-state index in [9.17, 15) is 0 Å². The third-order valence-electron chi connectivity index (χ3n) is 1.70. The Morgan fingerprint density at radius 1 is 1.22 bits per heavy atom. The van der Waals surface area contributed by atoms with Gasteiger partial charge in [0.05, 0.1) is 0 Å². The van der Waals surface area contributed by atoms with Crippen LogP contribution in [-0.2, 0) is 0 Å². The zero-order valence-corrected chi connectivity index (χ0v) is 6.91. The van der Waals surface area contributed by atoms with E-state index in [1.54, 1.807) is 0 Å². The van der Waals surface area contributed by atoms with E-state index in [1.165, 1.54) is 17.6 Å². The quantitative estimate of drug-likeness (QED) is 0.571. The number of likely N-dealkylation sites (N-methyl/N-ethyl adjacent to an activating group) is 1. The van der Waals surface area contributed by atoms with Crippen molar-refractivity contribution >= 4 is 0 Å². The Bertz CT molecular complexity index is 103. The van der Waals surface area contributed by atoms with Crippen LogP contribution in [0.2, 0.25) is 0 Å². The highest BCUT2D eigenvalue weighted by atomic mass is 14.8. The van der Waals surface area contributed by atoms with E-state index in [0.29, 0.717) is 0 Å². The summed E-state index contributed by atoms with van der Waals surface area (Å²) in [5.41, 5.74) is 2.98. The minimum atomic E-state index is 1.03. The van der Waals surface area contributed by atoms with Crippen molar-refractivity contribution in [3.8, 4) is 0 Å². The van der Waals surface area contributed by atoms with E-state index in [0.717, 1.165) is 6.54 Å². The third kappa shape index (κ3) is 3.31. The Morgan fingerprint density at radius 2 is 1.78 bits per heavy atom. The standard InChI is InChI=1S/C8H17N/c1-5-7(2)8(3)6-9-4/h9H,5-6H2,1-4H3. The molecule has 0 aliphatic carbocycles. The van der Waals surface area contributed by atoms with Crippen LogP contribution in [0, 0.1) is 0 Å². The van der Waals surface area contributed by atoms with Gasteiger partial charge in [0, 0.05) is 6.54 Å². The maximum atomic E-state index is 3.12. The third-order valence-corrected chi connectivity index (χ3v) is 1.70. The molecular formula is C8H17N. The molecule has 9 heavy (non-hydrogen) atoms. The summed E-state index contributed by atoms with van der Waals surface area (Å²) in [7, 11) is 1.98. The Labute approximate surface area is 58.2 Å². The van der Waals surface area contributed by atoms with E-state index >= 15 is 0 Å². The van der Waals surface area contributed by atoms with Crippen LogP contribution in [-0.4, -0.2) is 13.6 Å². The van der Waals surface area contributed by atoms with Gasteiger partial charge in [-0.15, -0.1) is 0 Å². The average molecular weight is 127 g/mol. The lowest BCUT2D eigenvalue weighted by atomic mass is 10.1. The van der Waals surface area contributed by atoms with Gasteiger partial charge < -0.3 is 5.32 Å². The highest BCUT2D eigenvalue weighted by Gasteiger charge is 1.90. The van der Waals surface area contributed by atoms with Crippen LogP contribution in [0.4, 0.5) is 0 Å². The fourth-order valence-electron chi connectivity index (χ4n) is 0.718. The molecule has 0 aliphatic heterocycles. The molecule has 0 saturated carbocycles. The van der Waals surface area contributed by atoms with Gasteiger partial charge in [-0.3, -0.25) is 0 Å². The Balaban J connectivity index is 3.78. The normalized spacial score (nSPS) is 13.3. The second-order valence-corrected chi connectivity index (χ2v) is 2.44. The van der Waals surface area contributed by atoms with Crippen LogP contribution >= 0.6 is 0 Å². The lowest BCUT2D eigenvalue weighted by molar-refractivity contribution is 0.857. The topological polar surface area (TPSA) is 12.0 Å². The first-order valence-electron chi connectivity index (χ1n) is 3.52. The van der Waals surface area contributed by atoms with Crippen molar-refractivity contribution < 1.29 is 0 Å². The van der Waals surface area contributed by atoms with Crippen molar-refractivity contribution in [1.29, 1.82) is 0 Å². The zero-order chi connectivity index (χ0) is 7.28. The van der Waals surface area contributed by atoms with Crippen molar-refractivity contribution in [2.24, 2.45) is 0 Å². The zero-order valence-electron chi connectivity index (χ0n) is 6.91. The fourth-order valence-corrected chi connectivity index (χ4v) is 0.718. The predicted molar refractivity (Wildman–Crippen MR) is 42.6 cm³/mol. The number of rotatable bonds is 3. The van der Waals surface area contributed by atoms with Gasteiger partial charge in [-0.25, -0.2) is 0 Å². The minimum Gasteiger partial charge on any atom is -0.316 e. The van der Waals surface area contributed by atoms with Crippen LogP contribution < -0.4 is 5.32 Å². The van der Waals surface area contributed by atoms with E-state index in [1.807, 2.05) is 7.05 Å². The minimum absolute atomic E-state index is 1.03. The van der Waals surface area contributed by atoms with Crippen LogP contribution in [0.15, 0.2) is 11.1 Å². The van der Waals surface area contributed by atoms with Crippen molar-refractivity contribution in [3.63, 3.8) is 0 Å². The van der Waals surface area contributed by atoms with E-state index in [4.69, 9.17) is 0 Å². The molecule has 0 amide bonds. The van der Waals surface area contributed by atoms with Crippen LogP contribution in [0.3, 0.4) is 0 Å². The molecule has 0 rings (SSSR count). The molecule has 1 heteroatoms. The summed E-state index contributed by atoms with van der Waals surface area (Å²) in [4.78, 5) is 0. The highest BCUT2D eigenvalue weighted by Crippen LogP contribution is 2.04. The summed E-state index contributed by atoms with van der Waals surface area (Å²) < 4.78 is 0. The first-order valence-corrected chi connectivity index (χ1v) is 3.52. The summed E-state index contributed by atoms with van der Waals surface area (Å²) in [6.07, 6.45) is 1.17. The highest BCUT2D eigenvalue weighted by molar-refractivity contribution is 5.10. The molecule has 0 saturated heterocycles. The molecule has 0 unspecified atom stereocenters. The van der Waals surface area contributed by atoms with Crippen molar-refractivity contribution in [3.05, 3.63) is 11.1 Å². The van der Waals surface area contributed by atoms with E-state index < -0.39 is 0 Å². The molecule has 0 radical (unpaired) electrons. The molecule has 0 aromatic heterocycles. The Hall–Kier alpha value is -0.300. The van der Waals surface area contributed by atoms with Crippen LogP contribution in [0.5, 0.6) is 0 Å². The average Bonchev–Trinajstić information content (AvgIpc) is 1.87. The first-order chi connectivity index (χ1) is 4.22. The van der Waals surface area contributed by atoms with Gasteiger partial charge in [0.25, 0.3) is 0 Å². The largest absolute Gasteiger partial charge is 0.316 e. The summed E-state index contributed by atoms with van der Waals surface area (Å²) in [6, 6.07) is 0. The predicted octanol–water partition coefficient (Wildman–Crippen LogP) is 1.95. The molecule has 0 spiro atoms. The van der Waals surface area contributed by atoms with E-state index in [-0.39, 0.29) is 0 Å². The maximum Gasteiger partial charge on any atom is 0.0161 e. The van der Waals surface area contributed by atoms with Gasteiger partial charge >= 0.3 is 0 Å². The van der Waals surface area contributed by atoms with Gasteiger partial charge in [0.1, 0.15) is 0 Å². The molecule has 0 atom stereocenters. The summed E-state index contributed by atoms with van der Waals surface area (Å²) >= 11 is 0. The molecule has 0 fully saturated rings. The number of hydrogen-bond acceptors (Lipinski definition) is 1.